The average molecular weight is 248 g/mol. The quantitative estimate of drug-likeness (QED) is 0.544. The van der Waals surface area contributed by atoms with E-state index in [1.165, 1.54) is 18.2 Å². The van der Waals surface area contributed by atoms with E-state index in [0.717, 1.165) is 0 Å². The van der Waals surface area contributed by atoms with Gasteiger partial charge in [0.2, 0.25) is 0 Å². The van der Waals surface area contributed by atoms with E-state index in [1.54, 1.807) is 0 Å². The number of aromatic hydroxyl groups is 1. The second-order valence-corrected chi connectivity index (χ2v) is 3.18. The molecule has 90 valence electrons. The van der Waals surface area contributed by atoms with Crippen molar-refractivity contribution in [3.8, 4) is 5.75 Å². The highest BCUT2D eigenvalue weighted by Gasteiger charge is 2.19. The van der Waals surface area contributed by atoms with Gasteiger partial charge in [-0.2, -0.15) is 0 Å². The van der Waals surface area contributed by atoms with Crippen LogP contribution in [0.4, 0.5) is 5.69 Å². The number of benzene rings is 1. The largest absolute Gasteiger partial charge is 0.508 e. The average Bonchev–Trinajstić information content (AvgIpc) is 2.17. The van der Waals surface area contributed by atoms with Crippen molar-refractivity contribution in [1.29, 1.82) is 0 Å². The predicted molar refractivity (Wildman–Crippen MR) is 62.6 cm³/mol. The highest BCUT2D eigenvalue weighted by Crippen LogP contribution is 2.28. The van der Waals surface area contributed by atoms with Crippen LogP contribution >= 0.6 is 12.4 Å². The molecule has 0 spiro atoms. The molecular formula is C9H14ClN3O3. The summed E-state index contributed by atoms with van der Waals surface area (Å²) in [5.41, 5.74) is 11.3. The number of nitrogens with two attached hydrogens (primary N) is 2. The number of nitro benzene ring substituents is 1. The van der Waals surface area contributed by atoms with Gasteiger partial charge in [0.1, 0.15) is 5.75 Å². The molecule has 0 heterocycles. The van der Waals surface area contributed by atoms with Crippen molar-refractivity contribution in [3.05, 3.63) is 33.9 Å². The molecule has 1 rings (SSSR count). The number of nitro groups is 1. The summed E-state index contributed by atoms with van der Waals surface area (Å²) < 4.78 is 0. The minimum atomic E-state index is -0.525. The predicted octanol–water partition coefficient (Wildman–Crippen LogP) is 1.07. The zero-order chi connectivity index (χ0) is 11.4. The summed E-state index contributed by atoms with van der Waals surface area (Å²) in [7, 11) is 0. The van der Waals surface area contributed by atoms with Gasteiger partial charge in [-0.05, 0) is 25.1 Å². The van der Waals surface area contributed by atoms with E-state index < -0.39 is 11.0 Å². The molecule has 0 aliphatic heterocycles. The molecule has 5 N–H and O–H groups in total. The van der Waals surface area contributed by atoms with Crippen molar-refractivity contribution >= 4 is 18.1 Å². The Bertz CT molecular complexity index is 373. The SMILES string of the molecule is Cl.NCC[C@H](N)c1cc(O)ccc1[N+](=O)[O-]. The van der Waals surface area contributed by atoms with Crippen molar-refractivity contribution in [2.24, 2.45) is 11.5 Å². The molecule has 0 saturated heterocycles. The molecule has 1 aromatic rings. The lowest BCUT2D eigenvalue weighted by Crippen LogP contribution is -2.16. The lowest BCUT2D eigenvalue weighted by Gasteiger charge is -2.11. The highest BCUT2D eigenvalue weighted by molar-refractivity contribution is 5.85. The second-order valence-electron chi connectivity index (χ2n) is 3.18. The molecule has 0 radical (unpaired) electrons. The van der Waals surface area contributed by atoms with Gasteiger partial charge in [0.15, 0.2) is 0 Å². The molecule has 0 aliphatic rings. The maximum Gasteiger partial charge on any atom is 0.274 e. The smallest absolute Gasteiger partial charge is 0.274 e. The van der Waals surface area contributed by atoms with Crippen LogP contribution in [-0.4, -0.2) is 16.6 Å². The fourth-order valence-corrected chi connectivity index (χ4v) is 1.34. The van der Waals surface area contributed by atoms with Crippen LogP contribution in [0.25, 0.3) is 0 Å². The van der Waals surface area contributed by atoms with Crippen LogP contribution in [0.1, 0.15) is 18.0 Å². The number of phenolic OH excluding ortho intramolecular Hbond substituents is 1. The van der Waals surface area contributed by atoms with Gasteiger partial charge in [-0.3, -0.25) is 10.1 Å². The maximum absolute atomic E-state index is 10.7. The minimum absolute atomic E-state index is 0. The molecule has 1 aromatic carbocycles. The van der Waals surface area contributed by atoms with E-state index in [1.807, 2.05) is 0 Å². The summed E-state index contributed by atoms with van der Waals surface area (Å²) in [5, 5.41) is 19.9. The zero-order valence-electron chi connectivity index (χ0n) is 8.50. The van der Waals surface area contributed by atoms with Crippen molar-refractivity contribution < 1.29 is 10.0 Å². The number of phenols is 1. The lowest BCUT2D eigenvalue weighted by molar-refractivity contribution is -0.385. The van der Waals surface area contributed by atoms with E-state index in [2.05, 4.69) is 0 Å². The van der Waals surface area contributed by atoms with E-state index in [4.69, 9.17) is 11.5 Å². The molecule has 1 atom stereocenters. The van der Waals surface area contributed by atoms with Gasteiger partial charge in [0, 0.05) is 12.1 Å². The number of halogens is 1. The van der Waals surface area contributed by atoms with E-state index in [0.29, 0.717) is 18.5 Å². The van der Waals surface area contributed by atoms with Crippen LogP contribution in [-0.2, 0) is 0 Å². The first-order valence-corrected chi connectivity index (χ1v) is 4.49. The van der Waals surface area contributed by atoms with Gasteiger partial charge in [0.05, 0.1) is 10.5 Å². The van der Waals surface area contributed by atoms with Crippen LogP contribution in [0.15, 0.2) is 18.2 Å². The monoisotopic (exact) mass is 247 g/mol. The molecule has 16 heavy (non-hydrogen) atoms. The Morgan fingerprint density at radius 3 is 2.62 bits per heavy atom. The normalized spacial score (nSPS) is 11.6. The van der Waals surface area contributed by atoms with Crippen LogP contribution in [0.3, 0.4) is 0 Å². The summed E-state index contributed by atoms with van der Waals surface area (Å²) in [6.07, 6.45) is 0.435. The summed E-state index contributed by atoms with van der Waals surface area (Å²) in [6.45, 7) is 0.341. The number of nitrogens with zero attached hydrogens (tertiary/aromatic N) is 1. The molecule has 0 aliphatic carbocycles. The first-order valence-electron chi connectivity index (χ1n) is 4.49. The van der Waals surface area contributed by atoms with E-state index in [9.17, 15) is 15.2 Å². The number of rotatable bonds is 4. The lowest BCUT2D eigenvalue weighted by atomic mass is 10.0. The van der Waals surface area contributed by atoms with Crippen molar-refractivity contribution in [1.82, 2.24) is 0 Å². The Morgan fingerprint density at radius 1 is 1.50 bits per heavy atom. The Morgan fingerprint density at radius 2 is 2.12 bits per heavy atom. The second kappa shape index (κ2) is 6.26. The van der Waals surface area contributed by atoms with Crippen LogP contribution < -0.4 is 11.5 Å². The third-order valence-electron chi connectivity index (χ3n) is 2.08. The third-order valence-corrected chi connectivity index (χ3v) is 2.08. The summed E-state index contributed by atoms with van der Waals surface area (Å²) in [6, 6.07) is 3.28. The van der Waals surface area contributed by atoms with Gasteiger partial charge in [0.25, 0.3) is 5.69 Å². The van der Waals surface area contributed by atoms with Crippen molar-refractivity contribution in [2.45, 2.75) is 12.5 Å². The Hall–Kier alpha value is -1.37. The Labute approximate surface area is 98.8 Å². The first-order chi connectivity index (χ1) is 7.06. The topological polar surface area (TPSA) is 115 Å². The first kappa shape index (κ1) is 14.6. The fraction of sp³-hybridized carbons (Fsp3) is 0.333. The maximum atomic E-state index is 10.7. The van der Waals surface area contributed by atoms with Gasteiger partial charge in [-0.15, -0.1) is 12.4 Å². The third kappa shape index (κ3) is 3.34. The van der Waals surface area contributed by atoms with Crippen LogP contribution in [0, 0.1) is 10.1 Å². The van der Waals surface area contributed by atoms with Crippen molar-refractivity contribution in [2.75, 3.05) is 6.54 Å². The van der Waals surface area contributed by atoms with Gasteiger partial charge < -0.3 is 16.6 Å². The van der Waals surface area contributed by atoms with Gasteiger partial charge >= 0.3 is 0 Å². The fourth-order valence-electron chi connectivity index (χ4n) is 1.34. The molecule has 0 saturated carbocycles. The van der Waals surface area contributed by atoms with E-state index >= 15 is 0 Å². The summed E-state index contributed by atoms with van der Waals surface area (Å²) in [5.74, 6) is -0.0388. The molecule has 0 amide bonds. The minimum Gasteiger partial charge on any atom is -0.508 e. The van der Waals surface area contributed by atoms with Gasteiger partial charge in [-0.25, -0.2) is 0 Å². The molecule has 0 aromatic heterocycles. The Kier molecular flexibility index (Phi) is 5.73. The zero-order valence-corrected chi connectivity index (χ0v) is 9.31. The van der Waals surface area contributed by atoms with Crippen LogP contribution in [0.2, 0.25) is 0 Å². The molecular weight excluding hydrogens is 234 g/mol. The molecule has 7 heteroatoms. The Balaban J connectivity index is 0.00000225. The highest BCUT2D eigenvalue weighted by atomic mass is 35.5. The van der Waals surface area contributed by atoms with Crippen LogP contribution in [0.5, 0.6) is 5.75 Å². The summed E-state index contributed by atoms with van der Waals surface area (Å²) in [4.78, 5) is 10.2. The number of hydrogen-bond donors (Lipinski definition) is 3. The molecule has 0 unspecified atom stereocenters. The van der Waals surface area contributed by atoms with Crippen molar-refractivity contribution in [3.63, 3.8) is 0 Å². The standard InChI is InChI=1S/C9H13N3O3.ClH/c10-4-3-8(11)7-5-6(13)1-2-9(7)12(14)15;/h1-2,5,8,13H,3-4,10-11H2;1H/t8-;/m0./s1. The molecule has 0 fully saturated rings. The number of hydrogen-bond acceptors (Lipinski definition) is 5. The van der Waals surface area contributed by atoms with Gasteiger partial charge in [-0.1, -0.05) is 0 Å². The van der Waals surface area contributed by atoms with E-state index in [-0.39, 0.29) is 23.8 Å². The summed E-state index contributed by atoms with van der Waals surface area (Å²) >= 11 is 0. The molecule has 6 nitrogen and oxygen atoms in total. The molecule has 0 bridgehead atoms.